The highest BCUT2D eigenvalue weighted by molar-refractivity contribution is 7.61. The first-order chi connectivity index (χ1) is 20.7. The van der Waals surface area contributed by atoms with Crippen molar-refractivity contribution < 1.29 is 67.0 Å². The van der Waals surface area contributed by atoms with Crippen molar-refractivity contribution in [3.05, 3.63) is 36.7 Å². The number of fused-ring (bicyclic) bond motifs is 1. The van der Waals surface area contributed by atoms with Gasteiger partial charge in [0.1, 0.15) is 48.5 Å². The molecule has 1 amide bonds. The molecule has 0 radical (unpaired) electrons. The smallest absolute Gasteiger partial charge is 0.387 e. The second-order valence-corrected chi connectivity index (χ2v) is 12.9. The number of imidazole rings is 1. The van der Waals surface area contributed by atoms with Gasteiger partial charge in [-0.25, -0.2) is 24.1 Å². The van der Waals surface area contributed by atoms with Crippen LogP contribution in [0.25, 0.3) is 11.2 Å². The summed E-state index contributed by atoms with van der Waals surface area (Å²) < 4.78 is 50.8. The third kappa shape index (κ3) is 6.70. The molecule has 5 rings (SSSR count). The lowest BCUT2D eigenvalue weighted by Gasteiger charge is -2.28. The molecule has 3 aliphatic rings. The van der Waals surface area contributed by atoms with Crippen LogP contribution < -0.4 is 11.5 Å². The lowest BCUT2D eigenvalue weighted by atomic mass is 10.1. The van der Waals surface area contributed by atoms with Crippen LogP contribution in [0.4, 0.5) is 5.82 Å². The number of primary amides is 1. The van der Waals surface area contributed by atoms with Crippen LogP contribution in [0.1, 0.15) is 12.6 Å². The largest absolute Gasteiger partial charge is 0.481 e. The zero-order valence-electron chi connectivity index (χ0n) is 22.4. The number of aliphatic hydroxyl groups is 4. The van der Waals surface area contributed by atoms with E-state index in [0.29, 0.717) is 0 Å². The number of ether oxygens (including phenoxy) is 2. The van der Waals surface area contributed by atoms with Crippen molar-refractivity contribution in [2.45, 2.75) is 55.5 Å². The van der Waals surface area contributed by atoms with Crippen molar-refractivity contribution in [1.82, 2.24) is 24.4 Å². The molecule has 0 saturated carbocycles. The summed E-state index contributed by atoms with van der Waals surface area (Å²) >= 11 is 0. The second-order valence-electron chi connectivity index (χ2n) is 9.84. The number of nitrogen functional groups attached to an aromatic ring is 1. The van der Waals surface area contributed by atoms with Gasteiger partial charge in [0.15, 0.2) is 23.9 Å². The minimum atomic E-state index is -5.37. The van der Waals surface area contributed by atoms with Crippen LogP contribution >= 0.6 is 15.6 Å². The summed E-state index contributed by atoms with van der Waals surface area (Å²) in [7, 11) is -10.7. The van der Waals surface area contributed by atoms with Crippen LogP contribution in [0.15, 0.2) is 36.7 Å². The molecule has 5 heterocycles. The molecule has 0 spiro atoms. The summed E-state index contributed by atoms with van der Waals surface area (Å²) in [6.45, 7) is -1.79. The van der Waals surface area contributed by atoms with E-state index < -0.39 is 83.8 Å². The zero-order valence-corrected chi connectivity index (χ0v) is 24.2. The van der Waals surface area contributed by atoms with E-state index in [-0.39, 0.29) is 29.0 Å². The second kappa shape index (κ2) is 12.5. The Balaban J connectivity index is 1.15. The monoisotopic (exact) mass is 665 g/mol. The molecule has 44 heavy (non-hydrogen) atoms. The number of rotatable bonds is 11. The number of anilines is 1. The summed E-state index contributed by atoms with van der Waals surface area (Å²) in [4.78, 5) is 44.6. The van der Waals surface area contributed by atoms with Crippen LogP contribution in [-0.4, -0.2) is 117 Å². The predicted molar refractivity (Wildman–Crippen MR) is 142 cm³/mol. The van der Waals surface area contributed by atoms with Gasteiger partial charge < -0.3 is 56.1 Å². The number of carbonyl (C=O) groups is 1. The molecule has 2 fully saturated rings. The van der Waals surface area contributed by atoms with Gasteiger partial charge in [-0.1, -0.05) is 6.08 Å². The Morgan fingerprint density at radius 2 is 1.55 bits per heavy atom. The molecule has 0 aromatic carbocycles. The van der Waals surface area contributed by atoms with E-state index >= 15 is 0 Å². The molecular formula is C21H29N7O14P2. The van der Waals surface area contributed by atoms with Crippen molar-refractivity contribution in [3.63, 3.8) is 0 Å². The third-order valence-corrected chi connectivity index (χ3v) is 9.48. The van der Waals surface area contributed by atoms with Crippen molar-refractivity contribution in [2.24, 2.45) is 5.73 Å². The summed E-state index contributed by atoms with van der Waals surface area (Å²) in [5, 5.41) is 41.6. The Morgan fingerprint density at radius 1 is 0.955 bits per heavy atom. The van der Waals surface area contributed by atoms with Gasteiger partial charge in [0.05, 0.1) is 19.5 Å². The Labute approximate surface area is 247 Å². The normalized spacial score (nSPS) is 33.3. The topological polar surface area (TPSA) is 318 Å². The number of phosphoric acid groups is 2. The van der Waals surface area contributed by atoms with E-state index in [4.69, 9.17) is 30.0 Å². The minimum absolute atomic E-state index is 0.0517. The van der Waals surface area contributed by atoms with Gasteiger partial charge in [0, 0.05) is 18.0 Å². The molecule has 0 bridgehead atoms. The van der Waals surface area contributed by atoms with E-state index in [9.17, 15) is 44.1 Å². The maximum Gasteiger partial charge on any atom is 0.481 e. The van der Waals surface area contributed by atoms with Crippen molar-refractivity contribution in [1.29, 1.82) is 0 Å². The van der Waals surface area contributed by atoms with Crippen LogP contribution in [0.5, 0.6) is 0 Å². The number of aromatic nitrogens is 4. The minimum Gasteiger partial charge on any atom is -0.387 e. The van der Waals surface area contributed by atoms with Gasteiger partial charge in [-0.15, -0.1) is 0 Å². The van der Waals surface area contributed by atoms with Crippen molar-refractivity contribution >= 4 is 38.5 Å². The van der Waals surface area contributed by atoms with Gasteiger partial charge in [-0.3, -0.25) is 18.4 Å². The quantitative estimate of drug-likeness (QED) is 0.113. The zero-order chi connectivity index (χ0) is 32.0. The maximum atomic E-state index is 12.4. The average molecular weight is 665 g/mol. The molecule has 2 saturated heterocycles. The molecule has 21 nitrogen and oxygen atoms in total. The van der Waals surface area contributed by atoms with Gasteiger partial charge in [-0.2, -0.15) is 4.31 Å². The lowest BCUT2D eigenvalue weighted by Crippen LogP contribution is -2.40. The van der Waals surface area contributed by atoms with Crippen LogP contribution in [-0.2, 0) is 36.8 Å². The molecule has 0 aliphatic carbocycles. The first-order valence-electron chi connectivity index (χ1n) is 12.7. The van der Waals surface area contributed by atoms with Gasteiger partial charge in [0.25, 0.3) is 0 Å². The van der Waals surface area contributed by atoms with E-state index in [1.165, 1.54) is 28.2 Å². The molecular weight excluding hydrogens is 636 g/mol. The first-order valence-corrected chi connectivity index (χ1v) is 15.7. The third-order valence-electron chi connectivity index (χ3n) is 6.88. The van der Waals surface area contributed by atoms with Crippen molar-refractivity contribution in [2.75, 3.05) is 18.9 Å². The number of nitrogens with zero attached hydrogens (tertiary/aromatic N) is 5. The highest BCUT2D eigenvalue weighted by atomic mass is 31.3. The number of phosphoric ester groups is 2. The fraction of sp³-hybridized carbons (Fsp3) is 0.524. The summed E-state index contributed by atoms with van der Waals surface area (Å²) in [5.41, 5.74) is 11.6. The van der Waals surface area contributed by atoms with Crippen molar-refractivity contribution in [3.8, 4) is 0 Å². The number of hydrogen-bond donors (Lipinski definition) is 8. The lowest BCUT2D eigenvalue weighted by molar-refractivity contribution is -0.115. The summed E-state index contributed by atoms with van der Waals surface area (Å²) in [6, 6.07) is 0. The van der Waals surface area contributed by atoms with E-state index in [1.807, 2.05) is 0 Å². The Morgan fingerprint density at radius 3 is 2.16 bits per heavy atom. The number of allylic oxidation sites excluding steroid dienone is 1. The van der Waals surface area contributed by atoms with E-state index in [2.05, 4.69) is 19.3 Å². The standard InChI is InChI=1S/C21H29N7O14P2/c22-17-12-19(25-7-24-17)28(8-26-12)21-16(32)14(30)11(41-21)6-39-44(36,37)42-43(34,35)38-5-10-13(29)15(31)20(40-10)27-3-1-2-9(4-27)18(23)33/h1,3-4,7-8,10-11,13-16,20-21,29-32H,2,5-6H2,(H2,23,33)(H,34,35)(H,36,37)(H2,22,24,25)/t10-,11-,13-,14+,15-,16+,20+,21+/m1/s1. The first kappa shape index (κ1) is 32.5. The highest BCUT2D eigenvalue weighted by Gasteiger charge is 2.48. The maximum absolute atomic E-state index is 12.4. The number of hydrogen-bond acceptors (Lipinski definition) is 17. The molecule has 10 N–H and O–H groups in total. The van der Waals surface area contributed by atoms with Crippen LogP contribution in [0, 0.1) is 0 Å². The molecule has 2 aromatic rings. The molecule has 2 unspecified atom stereocenters. The Bertz CT molecular complexity index is 1560. The van der Waals surface area contributed by atoms with Crippen LogP contribution in [0.3, 0.4) is 0 Å². The SMILES string of the molecule is NC(=O)C1=CN([C@H]2O[C@H](COP(=O)(O)OP(=O)(O)OC[C@H]3O[C@H](n4cnc5c(N)ncnc54)[C@@H](O)[C@H]3O)[C@@H](O)[C@H]2O)C=CC1. The Kier molecular flexibility index (Phi) is 9.23. The number of aliphatic hydroxyl groups excluding tert-OH is 4. The highest BCUT2D eigenvalue weighted by Crippen LogP contribution is 2.60. The van der Waals surface area contributed by atoms with Crippen LogP contribution in [0.2, 0.25) is 0 Å². The summed E-state index contributed by atoms with van der Waals surface area (Å²) in [5.74, 6) is -0.658. The molecule has 3 aliphatic heterocycles. The number of amides is 1. The fourth-order valence-corrected chi connectivity index (χ4v) is 6.77. The van der Waals surface area contributed by atoms with Gasteiger partial charge in [0.2, 0.25) is 5.91 Å². The molecule has 23 heteroatoms. The fourth-order valence-electron chi connectivity index (χ4n) is 4.68. The average Bonchev–Trinajstić information content (AvgIpc) is 3.61. The summed E-state index contributed by atoms with van der Waals surface area (Å²) in [6.07, 6.45) is -4.88. The van der Waals surface area contributed by atoms with Gasteiger partial charge >= 0.3 is 15.6 Å². The molecule has 10 atom stereocenters. The number of carbonyl (C=O) groups excluding carboxylic acids is 1. The van der Waals surface area contributed by atoms with E-state index in [0.717, 1.165) is 6.33 Å². The molecule has 2 aromatic heterocycles. The number of nitrogens with two attached hydrogens (primary N) is 2. The predicted octanol–water partition coefficient (Wildman–Crippen LogP) is -2.69. The molecule has 242 valence electrons. The van der Waals surface area contributed by atoms with Gasteiger partial charge in [-0.05, 0) is 6.42 Å². The van der Waals surface area contributed by atoms with E-state index in [1.54, 1.807) is 6.08 Å². The Hall–Kier alpha value is -2.88.